The van der Waals surface area contributed by atoms with Crippen LogP contribution in [0, 0.1) is 12.3 Å². The van der Waals surface area contributed by atoms with E-state index in [4.69, 9.17) is 6.42 Å². The molecule has 0 aromatic heterocycles. The predicted octanol–water partition coefficient (Wildman–Crippen LogP) is 3.28. The Balaban J connectivity index is 2.56. The molecule has 102 valence electrons. The quantitative estimate of drug-likeness (QED) is 0.794. The standard InChI is InChI=1S/C15H12BrNO2S/c1-2-12-17(15-11-7-6-10-14(15)16)20(18,19)13-8-4-3-5-9-13/h1,3-11H,12H2. The van der Waals surface area contributed by atoms with Crippen molar-refractivity contribution in [1.82, 2.24) is 0 Å². The molecule has 0 atom stereocenters. The summed E-state index contributed by atoms with van der Waals surface area (Å²) in [6, 6.07) is 15.3. The van der Waals surface area contributed by atoms with Gasteiger partial charge in [0.1, 0.15) is 0 Å². The fourth-order valence-electron chi connectivity index (χ4n) is 1.76. The Morgan fingerprint density at radius 2 is 1.65 bits per heavy atom. The lowest BCUT2D eigenvalue weighted by molar-refractivity contribution is 0.593. The number of halogens is 1. The van der Waals surface area contributed by atoms with Crippen LogP contribution in [0.3, 0.4) is 0 Å². The number of sulfonamides is 1. The summed E-state index contributed by atoms with van der Waals surface area (Å²) in [7, 11) is -3.68. The average Bonchev–Trinajstić information content (AvgIpc) is 2.46. The van der Waals surface area contributed by atoms with Crippen molar-refractivity contribution < 1.29 is 8.42 Å². The molecule has 0 spiro atoms. The van der Waals surface area contributed by atoms with Gasteiger partial charge in [-0.1, -0.05) is 36.3 Å². The van der Waals surface area contributed by atoms with E-state index in [1.54, 1.807) is 48.5 Å². The van der Waals surface area contributed by atoms with Gasteiger partial charge in [0.15, 0.2) is 0 Å². The Morgan fingerprint density at radius 3 is 2.25 bits per heavy atom. The maximum Gasteiger partial charge on any atom is 0.265 e. The van der Waals surface area contributed by atoms with E-state index in [0.29, 0.717) is 10.2 Å². The van der Waals surface area contributed by atoms with E-state index < -0.39 is 10.0 Å². The summed E-state index contributed by atoms with van der Waals surface area (Å²) >= 11 is 3.36. The summed E-state index contributed by atoms with van der Waals surface area (Å²) in [5, 5.41) is 0. The zero-order chi connectivity index (χ0) is 14.6. The van der Waals surface area contributed by atoms with Gasteiger partial charge in [0.05, 0.1) is 17.1 Å². The maximum absolute atomic E-state index is 12.7. The minimum Gasteiger partial charge on any atom is -0.253 e. The molecule has 0 N–H and O–H groups in total. The predicted molar refractivity (Wildman–Crippen MR) is 83.9 cm³/mol. The zero-order valence-corrected chi connectivity index (χ0v) is 12.9. The van der Waals surface area contributed by atoms with Crippen molar-refractivity contribution >= 4 is 31.6 Å². The SMILES string of the molecule is C#CCN(c1ccccc1Br)S(=O)(=O)c1ccccc1. The Morgan fingerprint density at radius 1 is 1.05 bits per heavy atom. The topological polar surface area (TPSA) is 37.4 Å². The number of benzene rings is 2. The summed E-state index contributed by atoms with van der Waals surface area (Å²) in [6.07, 6.45) is 5.32. The van der Waals surface area contributed by atoms with Gasteiger partial charge in [0.2, 0.25) is 0 Å². The zero-order valence-electron chi connectivity index (χ0n) is 10.5. The third-order valence-electron chi connectivity index (χ3n) is 2.69. The van der Waals surface area contributed by atoms with Crippen molar-refractivity contribution in [2.45, 2.75) is 4.90 Å². The molecule has 0 amide bonds. The third kappa shape index (κ3) is 2.87. The van der Waals surface area contributed by atoms with Crippen molar-refractivity contribution in [3.05, 3.63) is 59.1 Å². The van der Waals surface area contributed by atoms with Crippen molar-refractivity contribution in [2.24, 2.45) is 0 Å². The van der Waals surface area contributed by atoms with Crippen molar-refractivity contribution in [2.75, 3.05) is 10.8 Å². The molecule has 20 heavy (non-hydrogen) atoms. The van der Waals surface area contributed by atoms with Gasteiger partial charge in [-0.05, 0) is 40.2 Å². The Kier molecular flexibility index (Phi) is 4.48. The highest BCUT2D eigenvalue weighted by molar-refractivity contribution is 9.10. The number of para-hydroxylation sites is 1. The Labute approximate surface area is 127 Å². The number of terminal acetylenes is 1. The third-order valence-corrected chi connectivity index (χ3v) is 5.13. The number of nitrogens with zero attached hydrogens (tertiary/aromatic N) is 1. The van der Waals surface area contributed by atoms with Gasteiger partial charge in [-0.3, -0.25) is 4.31 Å². The molecule has 0 aliphatic rings. The van der Waals surface area contributed by atoms with Gasteiger partial charge in [-0.15, -0.1) is 6.42 Å². The number of rotatable bonds is 4. The van der Waals surface area contributed by atoms with E-state index in [1.165, 1.54) is 4.31 Å². The van der Waals surface area contributed by atoms with Gasteiger partial charge >= 0.3 is 0 Å². The molecule has 0 bridgehead atoms. The van der Waals surface area contributed by atoms with E-state index in [0.717, 1.165) is 0 Å². The van der Waals surface area contributed by atoms with E-state index >= 15 is 0 Å². The lowest BCUT2D eigenvalue weighted by Gasteiger charge is -2.23. The van der Waals surface area contributed by atoms with E-state index in [-0.39, 0.29) is 11.4 Å². The van der Waals surface area contributed by atoms with Crippen molar-refractivity contribution in [1.29, 1.82) is 0 Å². The molecule has 3 nitrogen and oxygen atoms in total. The summed E-state index contributed by atoms with van der Waals surface area (Å²) < 4.78 is 27.3. The molecule has 0 aliphatic carbocycles. The molecule has 0 heterocycles. The largest absolute Gasteiger partial charge is 0.265 e. The maximum atomic E-state index is 12.7. The fraction of sp³-hybridized carbons (Fsp3) is 0.0667. The molecule has 0 aliphatic heterocycles. The first-order valence-electron chi connectivity index (χ1n) is 5.83. The first-order valence-corrected chi connectivity index (χ1v) is 8.06. The van der Waals surface area contributed by atoms with Crippen molar-refractivity contribution in [3.63, 3.8) is 0 Å². The van der Waals surface area contributed by atoms with E-state index in [9.17, 15) is 8.42 Å². The number of hydrogen-bond acceptors (Lipinski definition) is 2. The second-order valence-corrected chi connectivity index (χ2v) is 6.70. The van der Waals surface area contributed by atoms with Gasteiger partial charge in [0.25, 0.3) is 10.0 Å². The molecule has 2 aromatic rings. The fourth-order valence-corrected chi connectivity index (χ4v) is 3.79. The first-order chi connectivity index (χ1) is 9.57. The van der Waals surface area contributed by atoms with Crippen LogP contribution >= 0.6 is 15.9 Å². The van der Waals surface area contributed by atoms with Crippen molar-refractivity contribution in [3.8, 4) is 12.3 Å². The van der Waals surface area contributed by atoms with Gasteiger partial charge in [-0.2, -0.15) is 0 Å². The van der Waals surface area contributed by atoms with Crippen LogP contribution in [0.2, 0.25) is 0 Å². The summed E-state index contributed by atoms with van der Waals surface area (Å²) in [5.41, 5.74) is 0.523. The van der Waals surface area contributed by atoms with Crippen LogP contribution in [-0.4, -0.2) is 15.0 Å². The van der Waals surface area contributed by atoms with Crippen LogP contribution in [0.25, 0.3) is 0 Å². The molecule has 5 heteroatoms. The lowest BCUT2D eigenvalue weighted by atomic mass is 10.3. The highest BCUT2D eigenvalue weighted by atomic mass is 79.9. The van der Waals surface area contributed by atoms with Gasteiger partial charge in [-0.25, -0.2) is 8.42 Å². The minimum atomic E-state index is -3.68. The smallest absolute Gasteiger partial charge is 0.253 e. The molecule has 0 unspecified atom stereocenters. The molecule has 2 aromatic carbocycles. The van der Waals surface area contributed by atoms with Gasteiger partial charge in [0, 0.05) is 4.47 Å². The second-order valence-electron chi connectivity index (χ2n) is 3.98. The minimum absolute atomic E-state index is 0.0279. The Bertz CT molecular complexity index is 736. The summed E-state index contributed by atoms with van der Waals surface area (Å²) in [6.45, 7) is -0.0279. The van der Waals surface area contributed by atoms with Crippen LogP contribution < -0.4 is 4.31 Å². The first kappa shape index (κ1) is 14.6. The molecular weight excluding hydrogens is 338 g/mol. The van der Waals surface area contributed by atoms with Gasteiger partial charge < -0.3 is 0 Å². The summed E-state index contributed by atoms with van der Waals surface area (Å²) in [5.74, 6) is 2.40. The summed E-state index contributed by atoms with van der Waals surface area (Å²) in [4.78, 5) is 0.214. The van der Waals surface area contributed by atoms with Crippen LogP contribution in [0.4, 0.5) is 5.69 Å². The number of hydrogen-bond donors (Lipinski definition) is 0. The van der Waals surface area contributed by atoms with Crippen LogP contribution in [0.1, 0.15) is 0 Å². The Hall–Kier alpha value is -1.77. The van der Waals surface area contributed by atoms with E-state index in [1.807, 2.05) is 6.07 Å². The molecule has 0 saturated heterocycles. The van der Waals surface area contributed by atoms with Crippen LogP contribution in [0.15, 0.2) is 64.0 Å². The monoisotopic (exact) mass is 349 g/mol. The molecule has 0 saturated carbocycles. The molecular formula is C15H12BrNO2S. The molecule has 2 rings (SSSR count). The van der Waals surface area contributed by atoms with E-state index in [2.05, 4.69) is 21.9 Å². The number of anilines is 1. The molecule has 0 radical (unpaired) electrons. The lowest BCUT2D eigenvalue weighted by Crippen LogP contribution is -2.31. The molecule has 0 fully saturated rings. The highest BCUT2D eigenvalue weighted by Gasteiger charge is 2.25. The highest BCUT2D eigenvalue weighted by Crippen LogP contribution is 2.30. The van der Waals surface area contributed by atoms with Crippen LogP contribution in [0.5, 0.6) is 0 Å². The average molecular weight is 350 g/mol. The second kappa shape index (κ2) is 6.12. The normalized spacial score (nSPS) is 10.8. The van der Waals surface area contributed by atoms with Crippen LogP contribution in [-0.2, 0) is 10.0 Å².